The molecule has 0 atom stereocenters. The van der Waals surface area contributed by atoms with Gasteiger partial charge in [-0.05, 0) is 24.6 Å². The number of amides is 1. The number of benzene rings is 1. The van der Waals surface area contributed by atoms with E-state index in [-0.39, 0.29) is 24.7 Å². The molecular weight excluding hydrogens is 286 g/mol. The molecule has 1 aromatic carbocycles. The zero-order valence-electron chi connectivity index (χ0n) is 9.62. The van der Waals surface area contributed by atoms with Crippen LogP contribution in [0.15, 0.2) is 16.6 Å². The van der Waals surface area contributed by atoms with Crippen LogP contribution in [0.4, 0.5) is 5.69 Å². The molecule has 1 saturated heterocycles. The monoisotopic (exact) mass is 297 g/mol. The summed E-state index contributed by atoms with van der Waals surface area (Å²) in [6, 6.07) is 3.65. The van der Waals surface area contributed by atoms with Crippen LogP contribution in [0.1, 0.15) is 12.0 Å². The highest BCUT2D eigenvalue weighted by molar-refractivity contribution is 9.10. The third-order valence-electron chi connectivity index (χ3n) is 2.73. The lowest BCUT2D eigenvalue weighted by molar-refractivity contribution is -0.121. The molecule has 1 aliphatic rings. The first-order chi connectivity index (χ1) is 8.02. The molecule has 1 heterocycles. The van der Waals surface area contributed by atoms with Gasteiger partial charge < -0.3 is 9.64 Å². The van der Waals surface area contributed by atoms with Gasteiger partial charge in [-0.25, -0.2) is 0 Å². The highest BCUT2D eigenvalue weighted by Crippen LogP contribution is 2.35. The number of halogens is 1. The molecule has 0 spiro atoms. The summed E-state index contributed by atoms with van der Waals surface area (Å²) in [5.74, 6) is 0.359. The number of hydrogen-bond acceptors (Lipinski definition) is 3. The summed E-state index contributed by atoms with van der Waals surface area (Å²) in [7, 11) is 1.54. The molecule has 1 fully saturated rings. The highest BCUT2D eigenvalue weighted by Gasteiger charge is 2.30. The van der Waals surface area contributed by atoms with E-state index in [0.717, 1.165) is 10.0 Å². The molecule has 0 aromatic heterocycles. The minimum Gasteiger partial charge on any atom is -0.495 e. The molecule has 0 unspecified atom stereocenters. The number of nitrogens with zero attached hydrogens (tertiary/aromatic N) is 1. The summed E-state index contributed by atoms with van der Waals surface area (Å²) >= 11 is 3.41. The minimum absolute atomic E-state index is 0.0156. The van der Waals surface area contributed by atoms with Gasteiger partial charge in [-0.1, -0.05) is 15.9 Å². The molecule has 4 nitrogen and oxygen atoms in total. The van der Waals surface area contributed by atoms with Gasteiger partial charge in [0.1, 0.15) is 5.75 Å². The van der Waals surface area contributed by atoms with Gasteiger partial charge in [0.15, 0.2) is 5.78 Å². The average Bonchev–Trinajstić information content (AvgIpc) is 2.61. The molecule has 0 saturated carbocycles. The summed E-state index contributed by atoms with van der Waals surface area (Å²) in [5, 5.41) is 0. The molecular formula is C12H12BrNO3. The second-order valence-electron chi connectivity index (χ2n) is 3.97. The number of rotatable bonds is 2. The van der Waals surface area contributed by atoms with Gasteiger partial charge in [0.25, 0.3) is 0 Å². The van der Waals surface area contributed by atoms with Crippen molar-refractivity contribution in [1.29, 1.82) is 0 Å². The maximum Gasteiger partial charge on any atom is 0.235 e. The highest BCUT2D eigenvalue weighted by atomic mass is 79.9. The Bertz CT molecular complexity index is 499. The van der Waals surface area contributed by atoms with E-state index in [2.05, 4.69) is 15.9 Å². The van der Waals surface area contributed by atoms with Crippen molar-refractivity contribution in [3.05, 3.63) is 22.2 Å². The van der Waals surface area contributed by atoms with Gasteiger partial charge in [-0.15, -0.1) is 0 Å². The van der Waals surface area contributed by atoms with Gasteiger partial charge >= 0.3 is 0 Å². The Morgan fingerprint density at radius 3 is 2.59 bits per heavy atom. The van der Waals surface area contributed by atoms with Crippen LogP contribution in [-0.4, -0.2) is 25.3 Å². The number of anilines is 1. The first-order valence-electron chi connectivity index (χ1n) is 5.19. The lowest BCUT2D eigenvalue weighted by Gasteiger charge is -2.19. The van der Waals surface area contributed by atoms with Crippen LogP contribution in [0.5, 0.6) is 5.75 Å². The van der Waals surface area contributed by atoms with Crippen LogP contribution in [0.2, 0.25) is 0 Å². The van der Waals surface area contributed by atoms with E-state index in [1.165, 1.54) is 4.90 Å². The van der Waals surface area contributed by atoms with Crippen LogP contribution < -0.4 is 9.64 Å². The lowest BCUT2D eigenvalue weighted by atomic mass is 10.2. The van der Waals surface area contributed by atoms with E-state index in [0.29, 0.717) is 11.4 Å². The normalized spacial score (nSPS) is 15.6. The molecule has 0 bridgehead atoms. The molecule has 0 radical (unpaired) electrons. The molecule has 2 rings (SSSR count). The van der Waals surface area contributed by atoms with Crippen LogP contribution in [0, 0.1) is 6.92 Å². The number of ether oxygens (including phenoxy) is 1. The predicted octanol–water partition coefficient (Wildman–Crippen LogP) is 2.07. The number of aryl methyl sites for hydroxylation is 1. The van der Waals surface area contributed by atoms with Crippen molar-refractivity contribution < 1.29 is 14.3 Å². The second kappa shape index (κ2) is 4.49. The largest absolute Gasteiger partial charge is 0.495 e. The average molecular weight is 298 g/mol. The van der Waals surface area contributed by atoms with Crippen molar-refractivity contribution in [3.8, 4) is 5.75 Å². The summed E-state index contributed by atoms with van der Waals surface area (Å²) in [6.45, 7) is 2.06. The van der Waals surface area contributed by atoms with Crippen molar-refractivity contribution in [3.63, 3.8) is 0 Å². The van der Waals surface area contributed by atoms with Crippen molar-refractivity contribution in [2.75, 3.05) is 18.6 Å². The molecule has 1 aromatic rings. The smallest absolute Gasteiger partial charge is 0.235 e. The second-order valence-corrected chi connectivity index (χ2v) is 4.82. The van der Waals surface area contributed by atoms with E-state index >= 15 is 0 Å². The van der Waals surface area contributed by atoms with E-state index in [1.807, 2.05) is 13.0 Å². The standard InChI is InChI=1S/C12H12BrNO3/c1-7-3-10(11(17-2)5-9(7)13)14-6-8(15)4-12(14)16/h3,5H,4,6H2,1-2H3. The molecule has 90 valence electrons. The Balaban J connectivity index is 2.47. The van der Waals surface area contributed by atoms with Gasteiger partial charge in [-0.2, -0.15) is 0 Å². The van der Waals surface area contributed by atoms with Crippen molar-refractivity contribution in [1.82, 2.24) is 0 Å². The topological polar surface area (TPSA) is 46.6 Å². The van der Waals surface area contributed by atoms with Crippen molar-refractivity contribution >= 4 is 33.3 Å². The fourth-order valence-electron chi connectivity index (χ4n) is 1.83. The Kier molecular flexibility index (Phi) is 3.19. The van der Waals surface area contributed by atoms with E-state index in [4.69, 9.17) is 4.74 Å². The number of Topliss-reactive ketones (excluding diaryl/α,β-unsaturated/α-hetero) is 1. The Labute approximate surface area is 108 Å². The lowest BCUT2D eigenvalue weighted by Crippen LogP contribution is -2.25. The molecule has 0 N–H and O–H groups in total. The quantitative estimate of drug-likeness (QED) is 0.785. The zero-order valence-corrected chi connectivity index (χ0v) is 11.2. The van der Waals surface area contributed by atoms with E-state index < -0.39 is 0 Å². The van der Waals surface area contributed by atoms with Crippen molar-refractivity contribution in [2.24, 2.45) is 0 Å². The molecule has 1 amide bonds. The van der Waals surface area contributed by atoms with Crippen LogP contribution >= 0.6 is 15.9 Å². The first kappa shape index (κ1) is 12.1. The fraction of sp³-hybridized carbons (Fsp3) is 0.333. The molecule has 0 aliphatic carbocycles. The van der Waals surface area contributed by atoms with Crippen LogP contribution in [0.25, 0.3) is 0 Å². The Morgan fingerprint density at radius 1 is 1.35 bits per heavy atom. The maximum absolute atomic E-state index is 11.7. The summed E-state index contributed by atoms with van der Waals surface area (Å²) in [4.78, 5) is 24.4. The summed E-state index contributed by atoms with van der Waals surface area (Å²) < 4.78 is 6.15. The van der Waals surface area contributed by atoms with Gasteiger partial charge in [0.2, 0.25) is 5.91 Å². The SMILES string of the molecule is COc1cc(Br)c(C)cc1N1CC(=O)CC1=O. The predicted molar refractivity (Wildman–Crippen MR) is 67.4 cm³/mol. The zero-order chi connectivity index (χ0) is 12.6. The Morgan fingerprint density at radius 2 is 2.06 bits per heavy atom. The summed E-state index contributed by atoms with van der Waals surface area (Å²) in [6.07, 6.45) is -0.0156. The summed E-state index contributed by atoms with van der Waals surface area (Å²) in [5.41, 5.74) is 1.65. The van der Waals surface area contributed by atoms with Crippen LogP contribution in [0.3, 0.4) is 0 Å². The molecule has 5 heteroatoms. The third-order valence-corrected chi connectivity index (χ3v) is 3.59. The van der Waals surface area contributed by atoms with E-state index in [1.54, 1.807) is 13.2 Å². The fourth-order valence-corrected chi connectivity index (χ4v) is 2.15. The van der Waals surface area contributed by atoms with Crippen LogP contribution in [-0.2, 0) is 9.59 Å². The van der Waals surface area contributed by atoms with E-state index in [9.17, 15) is 9.59 Å². The number of ketones is 1. The number of hydrogen-bond donors (Lipinski definition) is 0. The molecule has 17 heavy (non-hydrogen) atoms. The Hall–Kier alpha value is -1.36. The van der Waals surface area contributed by atoms with Gasteiger partial charge in [0.05, 0.1) is 25.8 Å². The van der Waals surface area contributed by atoms with Gasteiger partial charge in [0, 0.05) is 4.47 Å². The minimum atomic E-state index is -0.171. The maximum atomic E-state index is 11.7. The number of carbonyl (C=O) groups excluding carboxylic acids is 2. The third kappa shape index (κ3) is 2.20. The number of carbonyl (C=O) groups is 2. The van der Waals surface area contributed by atoms with Gasteiger partial charge in [-0.3, -0.25) is 9.59 Å². The molecule has 1 aliphatic heterocycles. The van der Waals surface area contributed by atoms with Crippen molar-refractivity contribution in [2.45, 2.75) is 13.3 Å². The first-order valence-corrected chi connectivity index (χ1v) is 5.98. The number of methoxy groups -OCH3 is 1.